The van der Waals surface area contributed by atoms with E-state index in [4.69, 9.17) is 0 Å². The molecular formula is C36H45N7O7. The zero-order valence-corrected chi connectivity index (χ0v) is 28.3. The van der Waals surface area contributed by atoms with E-state index in [9.17, 15) is 33.9 Å². The van der Waals surface area contributed by atoms with Crippen molar-refractivity contribution in [3.63, 3.8) is 0 Å². The molecule has 50 heavy (non-hydrogen) atoms. The van der Waals surface area contributed by atoms with Gasteiger partial charge in [0, 0.05) is 49.5 Å². The highest BCUT2D eigenvalue weighted by Crippen LogP contribution is 2.23. The monoisotopic (exact) mass is 687 g/mol. The zero-order valence-electron chi connectivity index (χ0n) is 28.3. The van der Waals surface area contributed by atoms with Crippen molar-refractivity contribution in [1.82, 2.24) is 36.5 Å². The minimum Gasteiger partial charge on any atom is -0.508 e. The smallest absolute Gasteiger partial charge is 0.246 e. The first-order chi connectivity index (χ1) is 24.0. The molecule has 5 rings (SSSR count). The van der Waals surface area contributed by atoms with E-state index >= 15 is 0 Å². The van der Waals surface area contributed by atoms with Crippen LogP contribution in [0, 0.1) is 5.92 Å². The molecule has 2 fully saturated rings. The average molecular weight is 688 g/mol. The predicted molar refractivity (Wildman–Crippen MR) is 184 cm³/mol. The van der Waals surface area contributed by atoms with Crippen molar-refractivity contribution < 1.29 is 33.9 Å². The largest absolute Gasteiger partial charge is 0.508 e. The summed E-state index contributed by atoms with van der Waals surface area (Å²) >= 11 is 0. The quantitative estimate of drug-likeness (QED) is 0.199. The summed E-state index contributed by atoms with van der Waals surface area (Å²) in [5.41, 5.74) is 2.30. The fourth-order valence-corrected chi connectivity index (χ4v) is 6.45. The Morgan fingerprint density at radius 2 is 1.60 bits per heavy atom. The molecule has 0 spiro atoms. The second-order valence-corrected chi connectivity index (χ2v) is 13.0. The number of nitrogens with one attached hydrogen (secondary N) is 6. The summed E-state index contributed by atoms with van der Waals surface area (Å²) in [6, 6.07) is 9.69. The molecule has 2 aliphatic rings. The number of nitrogens with zero attached hydrogens (tertiary/aromatic N) is 1. The fourth-order valence-electron chi connectivity index (χ4n) is 6.45. The summed E-state index contributed by atoms with van der Waals surface area (Å²) in [6.45, 7) is 3.57. The first-order valence-electron chi connectivity index (χ1n) is 17.1. The molecule has 7 N–H and O–H groups in total. The highest BCUT2D eigenvalue weighted by atomic mass is 16.3. The Hall–Kier alpha value is -5.40. The third-order valence-corrected chi connectivity index (χ3v) is 9.47. The molecule has 3 aromatic rings. The minimum absolute atomic E-state index is 0.0111. The van der Waals surface area contributed by atoms with Crippen molar-refractivity contribution in [1.29, 1.82) is 0 Å². The molecule has 0 unspecified atom stereocenters. The van der Waals surface area contributed by atoms with E-state index in [-0.39, 0.29) is 37.5 Å². The van der Waals surface area contributed by atoms with E-state index in [2.05, 4.69) is 31.6 Å². The van der Waals surface area contributed by atoms with Gasteiger partial charge < -0.3 is 41.6 Å². The Balaban J connectivity index is 1.48. The summed E-state index contributed by atoms with van der Waals surface area (Å²) in [5, 5.41) is 24.3. The van der Waals surface area contributed by atoms with Gasteiger partial charge in [-0.1, -0.05) is 50.6 Å². The normalized spacial score (nSPS) is 23.8. The van der Waals surface area contributed by atoms with Crippen LogP contribution in [0.1, 0.15) is 50.7 Å². The Bertz CT molecular complexity index is 1720. The standard InChI is InChI=1S/C36H45N7O7/c1-3-21(2)32-35(49)41-28(18-23-19-38-26-8-5-4-7-25(23)26)36(50)43-16-6-9-29(43)34(48)37-15-14-30(45)39-20-31(46)40-27(33(47)42-32)17-22-10-12-24(44)13-11-22/h4-5,7-8,10-13,19,21,27-29,32,38,44H,3,6,9,14-18,20H2,1-2H3,(H,37,48)(H,39,45)(H,40,46)(H,41,49)(H,42,47)/t21-,27-,28-,29-,32-/m0/s1. The number of para-hydroxylation sites is 1. The summed E-state index contributed by atoms with van der Waals surface area (Å²) in [5.74, 6) is -3.49. The molecule has 6 amide bonds. The number of amides is 6. The third-order valence-electron chi connectivity index (χ3n) is 9.47. The van der Waals surface area contributed by atoms with Crippen molar-refractivity contribution in [2.24, 2.45) is 5.92 Å². The minimum atomic E-state index is -1.14. The van der Waals surface area contributed by atoms with E-state index in [1.54, 1.807) is 25.3 Å². The fraction of sp³-hybridized carbons (Fsp3) is 0.444. The van der Waals surface area contributed by atoms with E-state index < -0.39 is 66.2 Å². The summed E-state index contributed by atoms with van der Waals surface area (Å²) in [7, 11) is 0. The summed E-state index contributed by atoms with van der Waals surface area (Å²) in [6.07, 6.45) is 3.36. The number of aromatic nitrogens is 1. The van der Waals surface area contributed by atoms with E-state index in [1.165, 1.54) is 17.0 Å². The van der Waals surface area contributed by atoms with Gasteiger partial charge >= 0.3 is 0 Å². The molecule has 2 aromatic carbocycles. The summed E-state index contributed by atoms with van der Waals surface area (Å²) < 4.78 is 0. The first-order valence-corrected chi connectivity index (χ1v) is 17.1. The van der Waals surface area contributed by atoms with E-state index in [1.807, 2.05) is 31.2 Å². The van der Waals surface area contributed by atoms with E-state index in [0.29, 0.717) is 31.4 Å². The van der Waals surface area contributed by atoms with Crippen LogP contribution in [0.25, 0.3) is 10.9 Å². The van der Waals surface area contributed by atoms with Crippen LogP contribution in [0.2, 0.25) is 0 Å². The number of aromatic hydroxyl groups is 1. The van der Waals surface area contributed by atoms with Gasteiger partial charge in [0.2, 0.25) is 35.4 Å². The number of phenolic OH excluding ortho intramolecular Hbond substituents is 1. The third kappa shape index (κ3) is 8.79. The van der Waals surface area contributed by atoms with Crippen molar-refractivity contribution in [3.05, 3.63) is 65.9 Å². The molecule has 266 valence electrons. The number of H-pyrrole nitrogens is 1. The molecule has 14 nitrogen and oxygen atoms in total. The topological polar surface area (TPSA) is 202 Å². The Labute approximate surface area is 290 Å². The highest BCUT2D eigenvalue weighted by molar-refractivity contribution is 5.97. The maximum Gasteiger partial charge on any atom is 0.246 e. The van der Waals surface area contributed by atoms with Gasteiger partial charge in [0.05, 0.1) is 6.54 Å². The molecule has 1 aromatic heterocycles. The SMILES string of the molecule is CC[C@H](C)[C@@H]1NC(=O)[C@H](Cc2ccc(O)cc2)NC(=O)CNC(=O)CCNC(=O)[C@@H]2CCCN2C(=O)[C@H](Cc2c[nH]c3ccccc23)NC1=O. The number of carbonyl (C=O) groups is 6. The summed E-state index contributed by atoms with van der Waals surface area (Å²) in [4.78, 5) is 85.8. The van der Waals surface area contributed by atoms with Crippen LogP contribution in [0.4, 0.5) is 0 Å². The van der Waals surface area contributed by atoms with Crippen LogP contribution in [0.3, 0.4) is 0 Å². The van der Waals surface area contributed by atoms with Gasteiger partial charge in [0.1, 0.15) is 29.9 Å². The number of carbonyl (C=O) groups excluding carboxylic acids is 6. The molecule has 5 atom stereocenters. The van der Waals surface area contributed by atoms with Crippen LogP contribution >= 0.6 is 0 Å². The van der Waals surface area contributed by atoms with Crippen molar-refractivity contribution in [2.45, 2.75) is 76.5 Å². The van der Waals surface area contributed by atoms with Gasteiger partial charge in [-0.25, -0.2) is 0 Å². The number of fused-ring (bicyclic) bond motifs is 2. The molecule has 2 aliphatic heterocycles. The number of benzene rings is 2. The number of hydrogen-bond acceptors (Lipinski definition) is 7. The molecule has 2 saturated heterocycles. The first kappa shape index (κ1) is 35.9. The number of phenols is 1. The number of hydrogen-bond donors (Lipinski definition) is 7. The van der Waals surface area contributed by atoms with Gasteiger partial charge in [-0.05, 0) is 48.1 Å². The van der Waals surface area contributed by atoms with Crippen LogP contribution < -0.4 is 26.6 Å². The molecule has 0 radical (unpaired) electrons. The Morgan fingerprint density at radius 3 is 2.36 bits per heavy atom. The van der Waals surface area contributed by atoms with Crippen molar-refractivity contribution in [2.75, 3.05) is 19.6 Å². The number of rotatable bonds is 6. The van der Waals surface area contributed by atoms with Gasteiger partial charge in [-0.2, -0.15) is 0 Å². The molecular weight excluding hydrogens is 642 g/mol. The lowest BCUT2D eigenvalue weighted by atomic mass is 9.96. The molecule has 14 heteroatoms. The molecule has 0 saturated carbocycles. The Morgan fingerprint density at radius 1 is 0.840 bits per heavy atom. The highest BCUT2D eigenvalue weighted by Gasteiger charge is 2.39. The van der Waals surface area contributed by atoms with Crippen LogP contribution in [-0.4, -0.2) is 94.2 Å². The predicted octanol–water partition coefficient (Wildman–Crippen LogP) is 0.786. The zero-order chi connectivity index (χ0) is 35.8. The second kappa shape index (κ2) is 16.3. The van der Waals surface area contributed by atoms with Gasteiger partial charge in [-0.15, -0.1) is 0 Å². The van der Waals surface area contributed by atoms with Crippen molar-refractivity contribution >= 4 is 46.3 Å². The lowest BCUT2D eigenvalue weighted by molar-refractivity contribution is -0.142. The van der Waals surface area contributed by atoms with Gasteiger partial charge in [-0.3, -0.25) is 28.8 Å². The molecule has 0 bridgehead atoms. The number of aromatic amines is 1. The maximum absolute atomic E-state index is 14.3. The lowest BCUT2D eigenvalue weighted by Crippen LogP contribution is -2.60. The second-order valence-electron chi connectivity index (χ2n) is 13.0. The van der Waals surface area contributed by atoms with Crippen LogP contribution in [0.5, 0.6) is 5.75 Å². The molecule has 0 aliphatic carbocycles. The Kier molecular flexibility index (Phi) is 11.7. The average Bonchev–Trinajstić information content (AvgIpc) is 3.77. The van der Waals surface area contributed by atoms with Crippen LogP contribution in [0.15, 0.2) is 54.7 Å². The maximum atomic E-state index is 14.3. The van der Waals surface area contributed by atoms with Crippen molar-refractivity contribution in [3.8, 4) is 5.75 Å². The lowest BCUT2D eigenvalue weighted by Gasteiger charge is -2.31. The van der Waals surface area contributed by atoms with Gasteiger partial charge in [0.25, 0.3) is 0 Å². The van der Waals surface area contributed by atoms with Gasteiger partial charge in [0.15, 0.2) is 0 Å². The molecule has 3 heterocycles. The van der Waals surface area contributed by atoms with E-state index in [0.717, 1.165) is 16.5 Å². The van der Waals surface area contributed by atoms with Crippen LogP contribution in [-0.2, 0) is 41.6 Å².